The van der Waals surface area contributed by atoms with E-state index in [1.807, 2.05) is 6.92 Å². The molecule has 3 rings (SSSR count). The smallest absolute Gasteiger partial charge is 0.277 e. The Hall–Kier alpha value is -2.13. The summed E-state index contributed by atoms with van der Waals surface area (Å²) in [5.41, 5.74) is 0. The van der Waals surface area contributed by atoms with Crippen molar-refractivity contribution >= 4 is 15.9 Å². The predicted octanol–water partition coefficient (Wildman–Crippen LogP) is 1.96. The maximum atomic E-state index is 13.0. The number of hydrogen-bond donors (Lipinski definition) is 0. The summed E-state index contributed by atoms with van der Waals surface area (Å²) in [5.74, 6) is 0.449. The average Bonchev–Trinajstić information content (AvgIpc) is 3.27. The third-order valence-electron chi connectivity index (χ3n) is 4.32. The Labute approximate surface area is 146 Å². The topological polar surface area (TPSA) is 96.9 Å². The number of piperazine rings is 1. The molecule has 1 fully saturated rings. The predicted molar refractivity (Wildman–Crippen MR) is 89.0 cm³/mol. The molecule has 0 radical (unpaired) electrons. The van der Waals surface area contributed by atoms with Crippen LogP contribution < -0.4 is 0 Å². The minimum atomic E-state index is -3.91. The van der Waals surface area contributed by atoms with Gasteiger partial charge in [0.2, 0.25) is 16.8 Å². The lowest BCUT2D eigenvalue weighted by Crippen LogP contribution is -2.57. The molecule has 1 aliphatic rings. The SMILES string of the molecule is CCCCC1C(=O)N(C)CCN1S(=O)(=O)c1ccc(-c2ccno2)o1. The standard InChI is InChI=1S/C16H21N3O5S/c1-3-4-5-12-16(20)18(2)10-11-19(12)25(21,22)15-7-6-13(23-15)14-8-9-17-24-14/h6-9,12H,3-5,10-11H2,1-2H3. The zero-order chi connectivity index (χ0) is 18.0. The number of amides is 1. The van der Waals surface area contributed by atoms with Crippen molar-refractivity contribution in [2.75, 3.05) is 20.1 Å². The number of nitrogens with zero attached hydrogens (tertiary/aromatic N) is 3. The molecular weight excluding hydrogens is 346 g/mol. The number of carbonyl (C=O) groups excluding carboxylic acids is 1. The maximum Gasteiger partial charge on any atom is 0.277 e. The van der Waals surface area contributed by atoms with Crippen LogP contribution in [0.4, 0.5) is 0 Å². The van der Waals surface area contributed by atoms with Gasteiger partial charge in [-0.1, -0.05) is 24.9 Å². The molecule has 2 aromatic rings. The number of aromatic nitrogens is 1. The van der Waals surface area contributed by atoms with Crippen LogP contribution in [-0.4, -0.2) is 54.9 Å². The Morgan fingerprint density at radius 2 is 2.04 bits per heavy atom. The highest BCUT2D eigenvalue weighted by Crippen LogP contribution is 2.29. The van der Waals surface area contributed by atoms with Gasteiger partial charge < -0.3 is 13.8 Å². The lowest BCUT2D eigenvalue weighted by Gasteiger charge is -2.37. The van der Waals surface area contributed by atoms with Crippen molar-refractivity contribution in [3.8, 4) is 11.5 Å². The third kappa shape index (κ3) is 3.34. The molecular formula is C16H21N3O5S. The Bertz CT molecular complexity index is 828. The van der Waals surface area contributed by atoms with Crippen molar-refractivity contribution in [3.63, 3.8) is 0 Å². The van der Waals surface area contributed by atoms with Crippen LogP contribution in [0.15, 0.2) is 38.4 Å². The summed E-state index contributed by atoms with van der Waals surface area (Å²) < 4.78 is 37.7. The number of sulfonamides is 1. The molecule has 1 amide bonds. The summed E-state index contributed by atoms with van der Waals surface area (Å²) in [6.07, 6.45) is 3.61. The normalized spacial score (nSPS) is 19.5. The van der Waals surface area contributed by atoms with Gasteiger partial charge in [-0.2, -0.15) is 4.31 Å². The van der Waals surface area contributed by atoms with Crippen molar-refractivity contribution in [2.24, 2.45) is 0 Å². The van der Waals surface area contributed by atoms with E-state index in [-0.39, 0.29) is 23.3 Å². The van der Waals surface area contributed by atoms with Gasteiger partial charge in [0.1, 0.15) is 6.04 Å². The number of rotatable bonds is 6. The molecule has 2 aromatic heterocycles. The lowest BCUT2D eigenvalue weighted by molar-refractivity contribution is -0.137. The fraction of sp³-hybridized carbons (Fsp3) is 0.500. The van der Waals surface area contributed by atoms with Crippen LogP contribution in [0.1, 0.15) is 26.2 Å². The fourth-order valence-corrected chi connectivity index (χ4v) is 4.41. The van der Waals surface area contributed by atoms with Crippen LogP contribution in [-0.2, 0) is 14.8 Å². The zero-order valence-electron chi connectivity index (χ0n) is 14.2. The molecule has 0 N–H and O–H groups in total. The van der Waals surface area contributed by atoms with E-state index < -0.39 is 16.1 Å². The quantitative estimate of drug-likeness (QED) is 0.774. The minimum absolute atomic E-state index is 0.176. The van der Waals surface area contributed by atoms with E-state index >= 15 is 0 Å². The van der Waals surface area contributed by atoms with Gasteiger partial charge in [0.25, 0.3) is 10.0 Å². The van der Waals surface area contributed by atoms with Gasteiger partial charge in [-0.3, -0.25) is 4.79 Å². The van der Waals surface area contributed by atoms with E-state index in [2.05, 4.69) is 5.16 Å². The Morgan fingerprint density at radius 3 is 2.72 bits per heavy atom. The molecule has 3 heterocycles. The number of hydrogen-bond acceptors (Lipinski definition) is 6. The second-order valence-electron chi connectivity index (χ2n) is 6.03. The molecule has 1 unspecified atom stereocenters. The van der Waals surface area contributed by atoms with Gasteiger partial charge in [0, 0.05) is 26.2 Å². The van der Waals surface area contributed by atoms with Gasteiger partial charge in [-0.05, 0) is 18.6 Å². The molecule has 1 atom stereocenters. The van der Waals surface area contributed by atoms with Crippen molar-refractivity contribution in [1.29, 1.82) is 0 Å². The summed E-state index contributed by atoms with van der Waals surface area (Å²) in [5, 5.41) is 3.38. The highest BCUT2D eigenvalue weighted by Gasteiger charge is 2.41. The highest BCUT2D eigenvalue weighted by molar-refractivity contribution is 7.89. The first-order valence-electron chi connectivity index (χ1n) is 8.23. The summed E-state index contributed by atoms with van der Waals surface area (Å²) in [6, 6.07) is 3.79. The van der Waals surface area contributed by atoms with Gasteiger partial charge >= 0.3 is 0 Å². The summed E-state index contributed by atoms with van der Waals surface area (Å²) in [7, 11) is -2.22. The van der Waals surface area contributed by atoms with Crippen molar-refractivity contribution in [3.05, 3.63) is 24.4 Å². The monoisotopic (exact) mass is 367 g/mol. The first-order valence-corrected chi connectivity index (χ1v) is 9.67. The Kier molecular flexibility index (Phi) is 4.96. The van der Waals surface area contributed by atoms with E-state index in [1.54, 1.807) is 18.0 Å². The molecule has 1 aliphatic heterocycles. The first kappa shape index (κ1) is 17.7. The second kappa shape index (κ2) is 7.01. The summed E-state index contributed by atoms with van der Waals surface area (Å²) in [6.45, 7) is 2.61. The molecule has 1 saturated heterocycles. The molecule has 0 aromatic carbocycles. The highest BCUT2D eigenvalue weighted by atomic mass is 32.2. The van der Waals surface area contributed by atoms with E-state index in [4.69, 9.17) is 8.94 Å². The van der Waals surface area contributed by atoms with Crippen LogP contribution in [0.25, 0.3) is 11.5 Å². The summed E-state index contributed by atoms with van der Waals surface area (Å²) >= 11 is 0. The number of furan rings is 1. The van der Waals surface area contributed by atoms with E-state index in [0.717, 1.165) is 12.8 Å². The molecule has 136 valence electrons. The number of likely N-dealkylation sites (N-methyl/N-ethyl adjacent to an activating group) is 1. The molecule has 9 heteroatoms. The number of carbonyl (C=O) groups is 1. The third-order valence-corrected chi connectivity index (χ3v) is 6.10. The Balaban J connectivity index is 1.90. The Morgan fingerprint density at radius 1 is 1.24 bits per heavy atom. The zero-order valence-corrected chi connectivity index (χ0v) is 15.0. The average molecular weight is 367 g/mol. The van der Waals surface area contributed by atoms with Crippen LogP contribution in [0.5, 0.6) is 0 Å². The van der Waals surface area contributed by atoms with Gasteiger partial charge in [-0.25, -0.2) is 8.42 Å². The van der Waals surface area contributed by atoms with Gasteiger partial charge in [0.15, 0.2) is 5.76 Å². The first-order chi connectivity index (χ1) is 11.9. The fourth-order valence-electron chi connectivity index (χ4n) is 2.89. The van der Waals surface area contributed by atoms with Crippen LogP contribution in [0, 0.1) is 0 Å². The molecule has 0 saturated carbocycles. The van der Waals surface area contributed by atoms with E-state index in [9.17, 15) is 13.2 Å². The second-order valence-corrected chi connectivity index (χ2v) is 7.85. The molecule has 8 nitrogen and oxygen atoms in total. The molecule has 0 spiro atoms. The lowest BCUT2D eigenvalue weighted by atomic mass is 10.1. The van der Waals surface area contributed by atoms with Crippen LogP contribution in [0.3, 0.4) is 0 Å². The van der Waals surface area contributed by atoms with Crippen LogP contribution >= 0.6 is 0 Å². The van der Waals surface area contributed by atoms with E-state index in [1.165, 1.54) is 22.6 Å². The van der Waals surface area contributed by atoms with Crippen molar-refractivity contribution in [1.82, 2.24) is 14.4 Å². The van der Waals surface area contributed by atoms with Crippen LogP contribution in [0.2, 0.25) is 0 Å². The molecule has 0 bridgehead atoms. The number of unbranched alkanes of at least 4 members (excludes halogenated alkanes) is 1. The molecule has 25 heavy (non-hydrogen) atoms. The molecule has 0 aliphatic carbocycles. The van der Waals surface area contributed by atoms with Gasteiger partial charge in [-0.15, -0.1) is 0 Å². The van der Waals surface area contributed by atoms with Gasteiger partial charge in [0.05, 0.1) is 6.20 Å². The largest absolute Gasteiger partial charge is 0.440 e. The van der Waals surface area contributed by atoms with Crippen molar-refractivity contribution < 1.29 is 22.2 Å². The summed E-state index contributed by atoms with van der Waals surface area (Å²) in [4.78, 5) is 14.1. The maximum absolute atomic E-state index is 13.0. The van der Waals surface area contributed by atoms with E-state index in [0.29, 0.717) is 18.7 Å². The van der Waals surface area contributed by atoms with Crippen molar-refractivity contribution in [2.45, 2.75) is 37.3 Å². The minimum Gasteiger partial charge on any atom is -0.440 e.